The summed E-state index contributed by atoms with van der Waals surface area (Å²) < 4.78 is 0. The summed E-state index contributed by atoms with van der Waals surface area (Å²) in [6.45, 7) is 4.15. The van der Waals surface area contributed by atoms with Gasteiger partial charge in [0, 0.05) is 20.1 Å². The van der Waals surface area contributed by atoms with Crippen molar-refractivity contribution in [2.45, 2.75) is 19.4 Å². The van der Waals surface area contributed by atoms with Gasteiger partial charge in [-0.15, -0.1) is 0 Å². The average molecular weight is 278 g/mol. The van der Waals surface area contributed by atoms with Crippen LogP contribution in [0.4, 0.5) is 0 Å². The Hall–Kier alpha value is -2.24. The summed E-state index contributed by atoms with van der Waals surface area (Å²) in [6.07, 6.45) is 0. The summed E-state index contributed by atoms with van der Waals surface area (Å²) in [4.78, 5) is 27.7. The van der Waals surface area contributed by atoms with E-state index in [-0.39, 0.29) is 17.2 Å². The minimum atomic E-state index is -0.984. The van der Waals surface area contributed by atoms with Crippen LogP contribution in [0.1, 0.15) is 24.2 Å². The molecule has 108 valence electrons. The van der Waals surface area contributed by atoms with Gasteiger partial charge in [0.25, 0.3) is 5.91 Å². The van der Waals surface area contributed by atoms with Crippen LogP contribution in [0.15, 0.2) is 18.2 Å². The first-order valence-electron chi connectivity index (χ1n) is 6.35. The van der Waals surface area contributed by atoms with Gasteiger partial charge in [-0.05, 0) is 26.0 Å². The van der Waals surface area contributed by atoms with E-state index in [0.717, 1.165) is 0 Å². The first kappa shape index (κ1) is 14.2. The van der Waals surface area contributed by atoms with Gasteiger partial charge in [0.15, 0.2) is 11.5 Å². The Morgan fingerprint density at radius 2 is 1.90 bits per heavy atom. The van der Waals surface area contributed by atoms with Crippen LogP contribution >= 0.6 is 0 Å². The summed E-state index contributed by atoms with van der Waals surface area (Å²) in [5.74, 6) is -1.43. The van der Waals surface area contributed by atoms with E-state index in [4.69, 9.17) is 0 Å². The highest BCUT2D eigenvalue weighted by Gasteiger charge is 2.43. The van der Waals surface area contributed by atoms with E-state index in [2.05, 4.69) is 0 Å². The van der Waals surface area contributed by atoms with Crippen molar-refractivity contribution < 1.29 is 19.8 Å². The van der Waals surface area contributed by atoms with E-state index in [0.29, 0.717) is 13.1 Å². The molecule has 6 heteroatoms. The molecule has 1 heterocycles. The lowest BCUT2D eigenvalue weighted by atomic mass is 9.96. The summed E-state index contributed by atoms with van der Waals surface area (Å²) in [7, 11) is 1.69. The second kappa shape index (κ2) is 4.70. The number of para-hydroxylation sites is 1. The number of likely N-dealkylation sites (N-methyl/N-ethyl adjacent to an activating group) is 1. The van der Waals surface area contributed by atoms with E-state index in [1.54, 1.807) is 25.8 Å². The monoisotopic (exact) mass is 278 g/mol. The molecule has 0 spiro atoms. The van der Waals surface area contributed by atoms with Crippen molar-refractivity contribution in [3.63, 3.8) is 0 Å². The zero-order valence-electron chi connectivity index (χ0n) is 11.8. The van der Waals surface area contributed by atoms with Crippen molar-refractivity contribution in [3.05, 3.63) is 23.8 Å². The second-order valence-corrected chi connectivity index (χ2v) is 5.42. The van der Waals surface area contributed by atoms with Gasteiger partial charge in [0.05, 0.1) is 5.56 Å². The van der Waals surface area contributed by atoms with Gasteiger partial charge in [-0.3, -0.25) is 9.59 Å². The molecule has 0 atom stereocenters. The van der Waals surface area contributed by atoms with Gasteiger partial charge in [0.2, 0.25) is 5.91 Å². The third-order valence-corrected chi connectivity index (χ3v) is 3.69. The van der Waals surface area contributed by atoms with E-state index in [1.165, 1.54) is 23.1 Å². The van der Waals surface area contributed by atoms with Crippen molar-refractivity contribution >= 4 is 11.8 Å². The number of phenols is 2. The van der Waals surface area contributed by atoms with Gasteiger partial charge < -0.3 is 20.0 Å². The zero-order valence-corrected chi connectivity index (χ0v) is 11.8. The third kappa shape index (κ3) is 2.07. The lowest BCUT2D eigenvalue weighted by molar-refractivity contribution is -0.144. The normalized spacial score (nSPS) is 18.2. The summed E-state index contributed by atoms with van der Waals surface area (Å²) in [6, 6.07) is 4.20. The van der Waals surface area contributed by atoms with Gasteiger partial charge >= 0.3 is 0 Å². The molecule has 1 aliphatic heterocycles. The van der Waals surface area contributed by atoms with Crippen LogP contribution in [-0.4, -0.2) is 57.5 Å². The van der Waals surface area contributed by atoms with Gasteiger partial charge in [-0.25, -0.2) is 0 Å². The van der Waals surface area contributed by atoms with Crippen molar-refractivity contribution in [1.82, 2.24) is 9.80 Å². The largest absolute Gasteiger partial charge is 0.504 e. The number of hydrogen-bond acceptors (Lipinski definition) is 4. The fourth-order valence-electron chi connectivity index (χ4n) is 2.42. The Balaban J connectivity index is 2.38. The van der Waals surface area contributed by atoms with Crippen molar-refractivity contribution in [2.75, 3.05) is 20.1 Å². The number of aromatic hydroxyl groups is 2. The predicted molar refractivity (Wildman–Crippen MR) is 72.5 cm³/mol. The number of benzene rings is 1. The number of carbonyl (C=O) groups is 2. The van der Waals surface area contributed by atoms with E-state index in [1.807, 2.05) is 0 Å². The molecule has 1 aliphatic rings. The molecule has 2 N–H and O–H groups in total. The maximum absolute atomic E-state index is 12.5. The van der Waals surface area contributed by atoms with Crippen LogP contribution in [-0.2, 0) is 4.79 Å². The standard InChI is InChI=1S/C14H18N2O4/c1-14(2)13(20)15(3)7-8-16(14)12(19)9-5-4-6-10(17)11(9)18/h4-6,17-18H,7-8H2,1-3H3. The molecule has 0 radical (unpaired) electrons. The Morgan fingerprint density at radius 1 is 1.25 bits per heavy atom. The van der Waals surface area contributed by atoms with Crippen LogP contribution in [0.3, 0.4) is 0 Å². The molecule has 6 nitrogen and oxygen atoms in total. The Labute approximate surface area is 117 Å². The van der Waals surface area contributed by atoms with Crippen LogP contribution in [0.25, 0.3) is 0 Å². The molecular weight excluding hydrogens is 260 g/mol. The number of carbonyl (C=O) groups excluding carboxylic acids is 2. The predicted octanol–water partition coefficient (Wildman–Crippen LogP) is 0.791. The first-order chi connectivity index (χ1) is 9.26. The van der Waals surface area contributed by atoms with Crippen LogP contribution in [0, 0.1) is 0 Å². The highest BCUT2D eigenvalue weighted by molar-refractivity contribution is 6.01. The number of amides is 2. The molecule has 1 fully saturated rings. The van der Waals surface area contributed by atoms with Crippen LogP contribution < -0.4 is 0 Å². The molecular formula is C14H18N2O4. The molecule has 2 amide bonds. The number of hydrogen-bond donors (Lipinski definition) is 2. The van der Waals surface area contributed by atoms with Gasteiger partial charge in [0.1, 0.15) is 5.54 Å². The SMILES string of the molecule is CN1CCN(C(=O)c2cccc(O)c2O)C(C)(C)C1=O. The number of phenolic OH excluding ortho intramolecular Hbond substituents is 2. The number of piperazine rings is 1. The first-order valence-corrected chi connectivity index (χ1v) is 6.35. The maximum atomic E-state index is 12.5. The summed E-state index contributed by atoms with van der Waals surface area (Å²) in [5, 5.41) is 19.3. The molecule has 0 aromatic heterocycles. The molecule has 1 saturated heterocycles. The topological polar surface area (TPSA) is 81.1 Å². The van der Waals surface area contributed by atoms with Crippen LogP contribution in [0.2, 0.25) is 0 Å². The molecule has 1 aromatic rings. The Kier molecular flexibility index (Phi) is 3.33. The van der Waals surface area contributed by atoms with Crippen molar-refractivity contribution in [1.29, 1.82) is 0 Å². The molecule has 0 aliphatic carbocycles. The number of nitrogens with zero attached hydrogens (tertiary/aromatic N) is 2. The molecule has 0 unspecified atom stereocenters. The van der Waals surface area contributed by atoms with E-state index >= 15 is 0 Å². The van der Waals surface area contributed by atoms with Gasteiger partial charge in [-0.1, -0.05) is 6.07 Å². The lowest BCUT2D eigenvalue weighted by Gasteiger charge is -2.44. The second-order valence-electron chi connectivity index (χ2n) is 5.42. The lowest BCUT2D eigenvalue weighted by Crippen LogP contribution is -2.63. The molecule has 1 aromatic carbocycles. The fourth-order valence-corrected chi connectivity index (χ4v) is 2.42. The van der Waals surface area contributed by atoms with Crippen LogP contribution in [0.5, 0.6) is 11.5 Å². The van der Waals surface area contributed by atoms with Gasteiger partial charge in [-0.2, -0.15) is 0 Å². The molecule has 0 bridgehead atoms. The Morgan fingerprint density at radius 3 is 2.55 bits per heavy atom. The zero-order chi connectivity index (χ0) is 15.1. The Bertz CT molecular complexity index is 568. The van der Waals surface area contributed by atoms with Crippen molar-refractivity contribution in [3.8, 4) is 11.5 Å². The minimum Gasteiger partial charge on any atom is -0.504 e. The highest BCUT2D eigenvalue weighted by atomic mass is 16.3. The highest BCUT2D eigenvalue weighted by Crippen LogP contribution is 2.32. The molecule has 0 saturated carbocycles. The quantitative estimate of drug-likeness (QED) is 0.744. The van der Waals surface area contributed by atoms with E-state index in [9.17, 15) is 19.8 Å². The maximum Gasteiger partial charge on any atom is 0.258 e. The van der Waals surface area contributed by atoms with E-state index < -0.39 is 17.2 Å². The molecule has 20 heavy (non-hydrogen) atoms. The average Bonchev–Trinajstić information content (AvgIpc) is 2.39. The minimum absolute atomic E-state index is 0.00423. The fraction of sp³-hybridized carbons (Fsp3) is 0.429. The molecule has 2 rings (SSSR count). The number of rotatable bonds is 1. The third-order valence-electron chi connectivity index (χ3n) is 3.69. The summed E-state index contributed by atoms with van der Waals surface area (Å²) in [5.41, 5.74) is -0.988. The smallest absolute Gasteiger partial charge is 0.258 e. The summed E-state index contributed by atoms with van der Waals surface area (Å²) >= 11 is 0. The van der Waals surface area contributed by atoms with Crippen molar-refractivity contribution in [2.24, 2.45) is 0 Å².